The third-order valence-electron chi connectivity index (χ3n) is 19.4. The monoisotopic (exact) mass is 1470 g/mol. The van der Waals surface area contributed by atoms with E-state index in [9.17, 15) is 0 Å². The molecular weight excluding hydrogens is 1380 g/mol. The number of benzene rings is 9. The average Bonchev–Trinajstić information content (AvgIpc) is 1.58. The Bertz CT molecular complexity index is 4950. The molecule has 0 amide bonds. The molecule has 0 spiro atoms. The van der Waals surface area contributed by atoms with Crippen LogP contribution in [0.5, 0.6) is 11.5 Å². The van der Waals surface area contributed by atoms with E-state index in [0.29, 0.717) is 17.2 Å². The van der Waals surface area contributed by atoms with Crippen molar-refractivity contribution in [3.05, 3.63) is 239 Å². The Labute approximate surface area is 595 Å². The van der Waals surface area contributed by atoms with E-state index >= 15 is 0 Å². The van der Waals surface area contributed by atoms with Crippen molar-refractivity contribution in [2.45, 2.75) is 183 Å². The molecule has 0 atom stereocenters. The van der Waals surface area contributed by atoms with Gasteiger partial charge in [0.2, 0.25) is 5.69 Å². The van der Waals surface area contributed by atoms with Gasteiger partial charge in [0.1, 0.15) is 5.82 Å². The number of nitrogens with zero attached hydrogens (tertiary/aromatic N) is 5. The van der Waals surface area contributed by atoms with Crippen molar-refractivity contribution >= 4 is 81.8 Å². The van der Waals surface area contributed by atoms with E-state index in [-0.39, 0.29) is 59.0 Å². The molecule has 0 unspecified atom stereocenters. The van der Waals surface area contributed by atoms with Gasteiger partial charge in [-0.05, 0) is 140 Å². The van der Waals surface area contributed by atoms with Gasteiger partial charge in [-0.2, -0.15) is 6.07 Å². The van der Waals surface area contributed by atoms with Gasteiger partial charge in [-0.3, -0.25) is 0 Å². The van der Waals surface area contributed by atoms with Crippen LogP contribution in [0.3, 0.4) is 0 Å². The molecule has 498 valence electrons. The Morgan fingerprint density at radius 1 is 0.454 bits per heavy atom. The number of fused-ring (bicyclic) bond motifs is 8. The normalized spacial score (nSPS) is 13.4. The summed E-state index contributed by atoms with van der Waals surface area (Å²) >= 11 is 1.69. The van der Waals surface area contributed by atoms with Gasteiger partial charge >= 0.3 is 0 Å². The smallest absolute Gasteiger partial charge is 0.204 e. The second-order valence-electron chi connectivity index (χ2n) is 33.9. The first kappa shape index (κ1) is 68.7. The topological polar surface area (TPSA) is 37.9 Å². The Morgan fingerprint density at radius 2 is 0.969 bits per heavy atom. The van der Waals surface area contributed by atoms with Crippen LogP contribution in [0.25, 0.3) is 86.0 Å². The third kappa shape index (κ3) is 12.8. The molecule has 3 aromatic heterocycles. The summed E-state index contributed by atoms with van der Waals surface area (Å²) in [7, 11) is 0. The van der Waals surface area contributed by atoms with Gasteiger partial charge in [0.05, 0.1) is 6.57 Å². The van der Waals surface area contributed by atoms with Crippen molar-refractivity contribution in [1.82, 2.24) is 9.55 Å². The van der Waals surface area contributed by atoms with Gasteiger partial charge in [-0.1, -0.05) is 260 Å². The van der Waals surface area contributed by atoms with Crippen LogP contribution in [0.2, 0.25) is 0 Å². The number of pyridine rings is 1. The fourth-order valence-corrected chi connectivity index (χ4v) is 15.1. The van der Waals surface area contributed by atoms with E-state index < -0.39 is 0 Å². The molecule has 0 saturated carbocycles. The average molecular weight is 1470 g/mol. The number of ether oxygens (including phenoxy) is 1. The Morgan fingerprint density at radius 3 is 1.51 bits per heavy atom. The van der Waals surface area contributed by atoms with Crippen LogP contribution in [-0.2, 0) is 59.0 Å². The van der Waals surface area contributed by atoms with E-state index in [2.05, 4.69) is 335 Å². The van der Waals surface area contributed by atoms with Gasteiger partial charge < -0.3 is 19.1 Å². The van der Waals surface area contributed by atoms with Crippen molar-refractivity contribution in [1.29, 1.82) is 0 Å². The Hall–Kier alpha value is -8.27. The van der Waals surface area contributed by atoms with Gasteiger partial charge in [0, 0.05) is 81.9 Å². The quantitative estimate of drug-likeness (QED) is 0.142. The number of para-hydroxylation sites is 3. The van der Waals surface area contributed by atoms with Crippen LogP contribution in [-0.4, -0.2) is 9.55 Å². The van der Waals surface area contributed by atoms with Crippen molar-refractivity contribution in [3.8, 4) is 50.7 Å². The van der Waals surface area contributed by atoms with E-state index in [4.69, 9.17) is 16.3 Å². The molecule has 0 aliphatic carbocycles. The fraction of sp³-hybridized carbons (Fsp3) is 0.315. The molecule has 9 aromatic carbocycles. The predicted octanol–water partition coefficient (Wildman–Crippen LogP) is 26.0. The second kappa shape index (κ2) is 24.3. The Kier molecular flexibility index (Phi) is 17.2. The molecule has 0 fully saturated rings. The number of hydrogen-bond acceptors (Lipinski definition) is 5. The summed E-state index contributed by atoms with van der Waals surface area (Å²) in [5, 5.41) is 4.33. The molecule has 0 N–H and O–H groups in total. The van der Waals surface area contributed by atoms with Gasteiger partial charge in [0.25, 0.3) is 0 Å². The molecular formula is C89H92N5OPtS-3. The second-order valence-corrected chi connectivity index (χ2v) is 34.9. The maximum atomic E-state index is 8.12. The van der Waals surface area contributed by atoms with Crippen LogP contribution in [0, 0.1) is 25.4 Å². The van der Waals surface area contributed by atoms with Crippen molar-refractivity contribution < 1.29 is 25.8 Å². The summed E-state index contributed by atoms with van der Waals surface area (Å²) in [5.74, 6) is 1.91. The van der Waals surface area contributed by atoms with Crippen LogP contribution < -0.4 is 14.5 Å². The third-order valence-corrected chi connectivity index (χ3v) is 20.6. The minimum Gasteiger partial charge on any atom is -0.509 e. The van der Waals surface area contributed by atoms with E-state index in [1.165, 1.54) is 55.6 Å². The summed E-state index contributed by atoms with van der Waals surface area (Å²) in [4.78, 5) is 13.9. The summed E-state index contributed by atoms with van der Waals surface area (Å²) in [6.07, 6.45) is 1.92. The fourth-order valence-electron chi connectivity index (χ4n) is 13.8. The zero-order chi connectivity index (χ0) is 68.7. The zero-order valence-electron chi connectivity index (χ0n) is 60.6. The van der Waals surface area contributed by atoms with E-state index in [1.807, 2.05) is 18.3 Å². The summed E-state index contributed by atoms with van der Waals surface area (Å²) in [6, 6.07) is 68.6. The first-order chi connectivity index (χ1) is 44.9. The first-order valence-electron chi connectivity index (χ1n) is 34.0. The molecule has 97 heavy (non-hydrogen) atoms. The SMILES string of the molecule is [C-]#[N+]c1cccc2c1sc1c2ccc2c1c1ccc(Oc3[c-]c(N4[CH-]N(c5c(-c6cc(C(C)(C)C)cc(C(C)(C)C)c6)cccc5-c5cc(C(C)(C)C)cc(C(C)(C)C)c5)c5ccccc54)cc(-c4c(C(C)(C)C)cccc4C(C)(C)C)c3)[c-]c1n2-c1cc(C(C)(C)C)ccn1.[Pt]. The van der Waals surface area contributed by atoms with Gasteiger partial charge in [-0.25, -0.2) is 9.83 Å². The molecule has 0 radical (unpaired) electrons. The number of thiophene rings is 1. The van der Waals surface area contributed by atoms with Crippen LogP contribution >= 0.6 is 11.3 Å². The molecule has 0 bridgehead atoms. The van der Waals surface area contributed by atoms with Crippen molar-refractivity contribution in [2.75, 3.05) is 9.80 Å². The van der Waals surface area contributed by atoms with Crippen LogP contribution in [0.15, 0.2) is 170 Å². The number of rotatable bonds is 8. The minimum absolute atomic E-state index is 0. The predicted molar refractivity (Wildman–Crippen MR) is 411 cm³/mol. The Balaban J connectivity index is 0.00000897. The number of anilines is 4. The van der Waals surface area contributed by atoms with E-state index in [0.717, 1.165) is 87.2 Å². The minimum atomic E-state index is -0.211. The molecule has 13 rings (SSSR count). The number of aromatic nitrogens is 2. The van der Waals surface area contributed by atoms with Gasteiger partial charge in [0.15, 0.2) is 0 Å². The standard InChI is InChI=1S/C89H92N5OS.Pt/c1-83(2,3)57-40-41-91-77(50-57)94-75-39-38-68-67-30-26-33-72(90-22)81(67)96-82(68)79(75)69-37-36-63(52-76(69)94)95-64-47-56(78-70(88(16,17)18)31-27-32-71(78)89(19,20)21)46-62(51-64)92-53-93(74-35-24-23-34-73(74)92)80-65(54-42-58(84(4,5)6)48-59(43-54)85(7,8)9)28-25-29-66(80)55-44-60(86(10,11)12)49-61(45-55)87(13,14)15;/h23-50,53H,1-21H3;/q-3;. The molecule has 1 aliphatic heterocycles. The maximum absolute atomic E-state index is 8.12. The molecule has 6 nitrogen and oxygen atoms in total. The van der Waals surface area contributed by atoms with E-state index in [1.54, 1.807) is 11.3 Å². The molecule has 0 saturated heterocycles. The molecule has 8 heteroatoms. The maximum Gasteiger partial charge on any atom is 0.204 e. The van der Waals surface area contributed by atoms with Crippen molar-refractivity contribution in [2.24, 2.45) is 0 Å². The molecule has 12 aromatic rings. The summed E-state index contributed by atoms with van der Waals surface area (Å²) in [5.41, 5.74) is 21.3. The van der Waals surface area contributed by atoms with Crippen LogP contribution in [0.1, 0.15) is 184 Å². The first-order valence-corrected chi connectivity index (χ1v) is 34.8. The van der Waals surface area contributed by atoms with Crippen LogP contribution in [0.4, 0.5) is 28.4 Å². The van der Waals surface area contributed by atoms with Gasteiger partial charge in [-0.15, -0.1) is 65.0 Å². The largest absolute Gasteiger partial charge is 0.509 e. The number of hydrogen-bond donors (Lipinski definition) is 0. The van der Waals surface area contributed by atoms with Crippen molar-refractivity contribution in [3.63, 3.8) is 0 Å². The zero-order valence-corrected chi connectivity index (χ0v) is 63.7. The summed E-state index contributed by atoms with van der Waals surface area (Å²) in [6.45, 7) is 59.0. The molecule has 4 heterocycles. The molecule has 1 aliphatic rings. The summed E-state index contributed by atoms with van der Waals surface area (Å²) < 4.78 is 11.8.